The maximum atomic E-state index is 14.0. The second kappa shape index (κ2) is 11.2. The van der Waals surface area contributed by atoms with Crippen LogP contribution in [0.3, 0.4) is 0 Å². The van der Waals surface area contributed by atoms with E-state index in [0.29, 0.717) is 17.2 Å². The maximum absolute atomic E-state index is 14.0. The van der Waals surface area contributed by atoms with E-state index in [0.717, 1.165) is 33.1 Å². The molecular weight excluding hydrogens is 623 g/mol. The average molecular weight is 654 g/mol. The van der Waals surface area contributed by atoms with E-state index in [9.17, 15) is 19.2 Å². The molecule has 2 saturated carbocycles. The molecule has 9 nitrogen and oxygen atoms in total. The molecule has 0 unspecified atom stereocenters. The molecule has 234 valence electrons. The summed E-state index contributed by atoms with van der Waals surface area (Å²) in [5.74, 6) is -0.168. The van der Waals surface area contributed by atoms with Crippen LogP contribution in [0, 0.1) is 36.5 Å². The van der Waals surface area contributed by atoms with E-state index < -0.39 is 5.92 Å². The summed E-state index contributed by atoms with van der Waals surface area (Å²) in [6, 6.07) is 22.3. The van der Waals surface area contributed by atoms with E-state index >= 15 is 0 Å². The number of nitrogens with zero attached hydrogens (tertiary/aromatic N) is 1. The lowest BCUT2D eigenvalue weighted by Crippen LogP contribution is -2.42. The van der Waals surface area contributed by atoms with Crippen molar-refractivity contribution in [3.05, 3.63) is 98.5 Å². The van der Waals surface area contributed by atoms with Crippen molar-refractivity contribution in [2.75, 3.05) is 23.9 Å². The maximum Gasteiger partial charge on any atom is 0.305 e. The van der Waals surface area contributed by atoms with E-state index in [1.165, 1.54) is 16.2 Å². The summed E-state index contributed by atoms with van der Waals surface area (Å²) in [4.78, 5) is 58.5. The summed E-state index contributed by atoms with van der Waals surface area (Å²) in [6.45, 7) is 1.78. The second-order valence-corrected chi connectivity index (χ2v) is 14.6. The molecule has 4 aromatic rings. The number of carbonyl (C=O) groups excluding carboxylic acids is 3. The predicted octanol–water partition coefficient (Wildman–Crippen LogP) is 5.45. The second-order valence-electron chi connectivity index (χ2n) is 12.4. The van der Waals surface area contributed by atoms with Crippen LogP contribution >= 0.6 is 23.1 Å². The van der Waals surface area contributed by atoms with Crippen LogP contribution in [0.25, 0.3) is 0 Å². The first-order chi connectivity index (χ1) is 22.3. The first-order valence-corrected chi connectivity index (χ1v) is 17.0. The number of rotatable bonds is 7. The number of H-pyrrole nitrogens is 1. The Labute approximate surface area is 273 Å². The van der Waals surface area contributed by atoms with Gasteiger partial charge in [0.2, 0.25) is 11.8 Å². The van der Waals surface area contributed by atoms with Crippen molar-refractivity contribution in [1.82, 2.24) is 4.98 Å². The van der Waals surface area contributed by atoms with Crippen LogP contribution in [0.4, 0.5) is 11.4 Å². The molecule has 2 N–H and O–H groups in total. The molecule has 3 heterocycles. The minimum atomic E-state index is -0.397. The molecule has 46 heavy (non-hydrogen) atoms. The number of fused-ring (bicyclic) bond motifs is 9. The highest BCUT2D eigenvalue weighted by molar-refractivity contribution is 8.00. The van der Waals surface area contributed by atoms with Gasteiger partial charge in [0.1, 0.15) is 11.5 Å². The van der Waals surface area contributed by atoms with Gasteiger partial charge in [-0.1, -0.05) is 41.7 Å². The van der Waals surface area contributed by atoms with Crippen LogP contribution in [0.2, 0.25) is 0 Å². The van der Waals surface area contributed by atoms with Gasteiger partial charge >= 0.3 is 4.87 Å². The molecule has 8 rings (SSSR count). The van der Waals surface area contributed by atoms with E-state index in [-0.39, 0.29) is 64.0 Å². The molecule has 4 aliphatic rings. The van der Waals surface area contributed by atoms with Crippen LogP contribution in [-0.2, 0) is 14.4 Å². The Balaban J connectivity index is 1.08. The highest BCUT2D eigenvalue weighted by Crippen LogP contribution is 2.68. The van der Waals surface area contributed by atoms with Crippen molar-refractivity contribution < 1.29 is 23.9 Å². The number of carbonyl (C=O) groups is 3. The van der Waals surface area contributed by atoms with Crippen LogP contribution in [0.5, 0.6) is 11.5 Å². The van der Waals surface area contributed by atoms with Crippen molar-refractivity contribution in [2.45, 2.75) is 29.5 Å². The molecule has 0 radical (unpaired) electrons. The highest BCUT2D eigenvalue weighted by Gasteiger charge is 2.69. The number of aromatic amines is 1. The van der Waals surface area contributed by atoms with Crippen LogP contribution < -0.4 is 24.6 Å². The summed E-state index contributed by atoms with van der Waals surface area (Å²) in [7, 11) is 1.58. The number of aryl methyl sites for hydroxylation is 1. The van der Waals surface area contributed by atoms with Crippen molar-refractivity contribution in [1.29, 1.82) is 0 Å². The molecule has 11 heteroatoms. The Morgan fingerprint density at radius 2 is 1.72 bits per heavy atom. The highest BCUT2D eigenvalue weighted by atomic mass is 32.2. The molecule has 2 aliphatic heterocycles. The standard InChI is InChI=1S/C35H31N3O6S2/c1-17-6-3-4-9-24(17)36-25(39)16-44-21-8-5-7-18(14-21)26-27-22-15-23(30(27)45-32-31(26)46-35(42)37-32)29-28(22)33(40)38(34(29)41)19-10-12-20(43-2)13-11-19/h3-14,22-23,26-30H,15-16H2,1-2H3,(H,36,39)(H,37,42)/t22-,23-,26+,27-,28+,29+,30-/m1/s1. The van der Waals surface area contributed by atoms with Gasteiger partial charge in [-0.2, -0.15) is 0 Å². The Hall–Kier alpha value is -4.35. The third-order valence-electron chi connectivity index (χ3n) is 10.1. The van der Waals surface area contributed by atoms with Crippen molar-refractivity contribution in [2.24, 2.45) is 29.6 Å². The monoisotopic (exact) mass is 653 g/mol. The number of amides is 3. The molecule has 7 atom stereocenters. The molecule has 2 bridgehead atoms. The number of para-hydroxylation sites is 1. The van der Waals surface area contributed by atoms with Gasteiger partial charge in [0.15, 0.2) is 6.61 Å². The Kier molecular flexibility index (Phi) is 7.06. The van der Waals surface area contributed by atoms with Gasteiger partial charge in [0.05, 0.1) is 29.7 Å². The molecule has 3 fully saturated rings. The third kappa shape index (κ3) is 4.59. The lowest BCUT2D eigenvalue weighted by molar-refractivity contribution is -0.123. The van der Waals surface area contributed by atoms with E-state index in [1.54, 1.807) is 43.1 Å². The Morgan fingerprint density at radius 1 is 0.957 bits per heavy atom. The zero-order chi connectivity index (χ0) is 31.7. The van der Waals surface area contributed by atoms with Crippen molar-refractivity contribution in [3.8, 4) is 11.5 Å². The number of methoxy groups -OCH3 is 1. The summed E-state index contributed by atoms with van der Waals surface area (Å²) in [5, 5.41) is 3.82. The van der Waals surface area contributed by atoms with Gasteiger partial charge in [-0.25, -0.2) is 0 Å². The summed E-state index contributed by atoms with van der Waals surface area (Å²) < 4.78 is 11.2. The number of nitrogens with one attached hydrogen (secondary N) is 2. The van der Waals surface area contributed by atoms with Gasteiger partial charge in [-0.15, -0.1) is 11.8 Å². The molecule has 3 aromatic carbocycles. The van der Waals surface area contributed by atoms with Gasteiger partial charge in [-0.3, -0.25) is 24.1 Å². The zero-order valence-corrected chi connectivity index (χ0v) is 26.7. The molecular formula is C35H31N3O6S2. The number of hydrogen-bond donors (Lipinski definition) is 2. The Bertz CT molecular complexity index is 1940. The number of benzene rings is 3. The zero-order valence-electron chi connectivity index (χ0n) is 25.1. The smallest absolute Gasteiger partial charge is 0.305 e. The minimum Gasteiger partial charge on any atom is -0.497 e. The van der Waals surface area contributed by atoms with Crippen molar-refractivity contribution >= 4 is 52.2 Å². The quantitative estimate of drug-likeness (QED) is 0.255. The SMILES string of the molecule is COc1ccc(N2C(=O)[C@H]3[C@H]4C[C@@H]([C@@H]3C2=O)[C@@H]2[C@H](c3cccc(OCC(=O)Nc5ccccc5C)c3)c3sc(=O)[nH]c3S[C@H]42)cc1. The Morgan fingerprint density at radius 3 is 2.48 bits per heavy atom. The molecule has 0 spiro atoms. The van der Waals surface area contributed by atoms with Crippen LogP contribution in [0.1, 0.15) is 28.3 Å². The number of aromatic nitrogens is 1. The molecule has 2 aliphatic carbocycles. The number of hydrogen-bond acceptors (Lipinski definition) is 8. The lowest BCUT2D eigenvalue weighted by atomic mass is 9.68. The number of imide groups is 1. The van der Waals surface area contributed by atoms with Crippen molar-refractivity contribution in [3.63, 3.8) is 0 Å². The summed E-state index contributed by atoms with van der Waals surface area (Å²) in [5.41, 5.74) is 3.24. The first kappa shape index (κ1) is 29.1. The fourth-order valence-corrected chi connectivity index (χ4v) is 11.1. The van der Waals surface area contributed by atoms with Gasteiger partial charge in [0.25, 0.3) is 5.91 Å². The van der Waals surface area contributed by atoms with Gasteiger partial charge in [-0.05, 0) is 84.7 Å². The van der Waals surface area contributed by atoms with Crippen LogP contribution in [0.15, 0.2) is 82.6 Å². The predicted molar refractivity (Wildman–Crippen MR) is 176 cm³/mol. The van der Waals surface area contributed by atoms with Gasteiger partial charge in [0, 0.05) is 21.7 Å². The summed E-state index contributed by atoms with van der Waals surface area (Å²) in [6.07, 6.45) is 0.802. The first-order valence-electron chi connectivity index (χ1n) is 15.3. The van der Waals surface area contributed by atoms with Crippen LogP contribution in [-0.4, -0.2) is 41.7 Å². The number of ether oxygens (including phenoxy) is 2. The molecule has 1 saturated heterocycles. The normalized spacial score (nSPS) is 27.3. The fraction of sp³-hybridized carbons (Fsp3) is 0.314. The molecule has 1 aromatic heterocycles. The van der Waals surface area contributed by atoms with E-state index in [4.69, 9.17) is 9.47 Å². The third-order valence-corrected chi connectivity index (χ3v) is 12.6. The summed E-state index contributed by atoms with van der Waals surface area (Å²) >= 11 is 2.87. The van der Waals surface area contributed by atoms with E-state index in [2.05, 4.69) is 10.3 Å². The largest absolute Gasteiger partial charge is 0.497 e. The molecule has 3 amide bonds. The van der Waals surface area contributed by atoms with E-state index in [1.807, 2.05) is 55.5 Å². The number of thiazole rings is 1. The number of thioether (sulfide) groups is 1. The minimum absolute atomic E-state index is 0.00739. The average Bonchev–Trinajstić information content (AvgIpc) is 3.80. The van der Waals surface area contributed by atoms with Gasteiger partial charge < -0.3 is 19.8 Å². The number of anilines is 2. The lowest BCUT2D eigenvalue weighted by Gasteiger charge is -2.43. The fourth-order valence-electron chi connectivity index (χ4n) is 8.22. The topological polar surface area (TPSA) is 118 Å².